The molecule has 0 saturated heterocycles. The topological polar surface area (TPSA) is 78.5 Å². The summed E-state index contributed by atoms with van der Waals surface area (Å²) in [5.74, 6) is -0.354. The molecule has 0 atom stereocenters. The number of aromatic nitrogens is 3. The molecule has 0 aliphatic carbocycles. The van der Waals surface area contributed by atoms with Crippen molar-refractivity contribution in [3.63, 3.8) is 0 Å². The molecule has 35 heavy (non-hydrogen) atoms. The zero-order chi connectivity index (χ0) is 26.3. The molecule has 0 bridgehead atoms. The number of carbonyl (C=O) groups is 1. The van der Waals surface area contributed by atoms with E-state index in [4.69, 9.17) is 8.92 Å². The van der Waals surface area contributed by atoms with Crippen LogP contribution in [0.25, 0.3) is 22.2 Å². The van der Waals surface area contributed by atoms with E-state index in [9.17, 15) is 9.90 Å². The first-order chi connectivity index (χ1) is 16.3. The van der Waals surface area contributed by atoms with Gasteiger partial charge >= 0.3 is 5.97 Å². The van der Waals surface area contributed by atoms with Gasteiger partial charge in [-0.2, -0.15) is 5.10 Å². The monoisotopic (exact) mass is 503 g/mol. The average Bonchev–Trinajstić information content (AvgIpc) is 3.21. The summed E-state index contributed by atoms with van der Waals surface area (Å²) in [7, 11) is 4.01. The summed E-state index contributed by atoms with van der Waals surface area (Å²) in [5, 5.41) is 15.7. The number of methoxy groups -OCH3 is 1. The molecule has 0 amide bonds. The van der Waals surface area contributed by atoms with Gasteiger partial charge in [-0.3, -0.25) is 4.68 Å². The minimum atomic E-state index is -1.21. The molecule has 7 nitrogen and oxygen atoms in total. The number of rotatable bonds is 8. The fourth-order valence-corrected chi connectivity index (χ4v) is 5.42. The van der Waals surface area contributed by atoms with Gasteiger partial charge in [-0.05, 0) is 50.3 Å². The number of carbonyl (C=O) groups excluding carboxylic acids is 1. The SMILES string of the molecule is COC(=O)c1c(CCCOS(C)(C)C(C)(C)C)c2ccc(C)c(-c3c(CO)c(C)nn3C)c2n1C. The molecule has 194 valence electrons. The number of fused-ring (bicyclic) bond motifs is 1. The fraction of sp³-hybridized carbons (Fsp3) is 0.556. The third-order valence-electron chi connectivity index (χ3n) is 7.21. The standard InChI is InChI=1S/C27H41N3O4S/c1-17-13-14-20-19(12-11-15-34-35(9,10)27(3,4)5)25(26(32)33-8)29(6)23(20)22(17)24-21(16-31)18(2)28-30(24)7/h13-14,31H,11-12,15-16H2,1-10H3. The van der Waals surface area contributed by atoms with E-state index in [0.717, 1.165) is 51.0 Å². The van der Waals surface area contributed by atoms with E-state index in [2.05, 4.69) is 50.5 Å². The molecule has 2 heterocycles. The van der Waals surface area contributed by atoms with E-state index in [1.165, 1.54) is 7.11 Å². The first-order valence-corrected chi connectivity index (χ1v) is 14.3. The van der Waals surface area contributed by atoms with Crippen molar-refractivity contribution in [2.24, 2.45) is 14.1 Å². The van der Waals surface area contributed by atoms with Crippen molar-refractivity contribution in [3.05, 3.63) is 40.2 Å². The molecular weight excluding hydrogens is 462 g/mol. The zero-order valence-electron chi connectivity index (χ0n) is 22.9. The van der Waals surface area contributed by atoms with Crippen LogP contribution in [0.2, 0.25) is 0 Å². The van der Waals surface area contributed by atoms with Crippen LogP contribution >= 0.6 is 10.3 Å². The van der Waals surface area contributed by atoms with Crippen molar-refractivity contribution in [1.29, 1.82) is 0 Å². The molecule has 8 heteroatoms. The van der Waals surface area contributed by atoms with Crippen LogP contribution in [-0.4, -0.2) is 56.4 Å². The second-order valence-corrected chi connectivity index (χ2v) is 14.4. The summed E-state index contributed by atoms with van der Waals surface area (Å²) < 4.78 is 15.4. The quantitative estimate of drug-likeness (QED) is 0.338. The van der Waals surface area contributed by atoms with Crippen molar-refractivity contribution in [1.82, 2.24) is 14.3 Å². The van der Waals surface area contributed by atoms with Crippen LogP contribution < -0.4 is 0 Å². The Morgan fingerprint density at radius 2 is 1.80 bits per heavy atom. The molecule has 0 radical (unpaired) electrons. The normalized spacial score (nSPS) is 13.0. The lowest BCUT2D eigenvalue weighted by atomic mass is 9.96. The molecule has 0 spiro atoms. The molecule has 2 aromatic heterocycles. The summed E-state index contributed by atoms with van der Waals surface area (Å²) in [6.07, 6.45) is 5.90. The van der Waals surface area contributed by atoms with Crippen LogP contribution in [0, 0.1) is 13.8 Å². The highest BCUT2D eigenvalue weighted by Gasteiger charge is 2.29. The molecule has 0 unspecified atom stereocenters. The Balaban J connectivity index is 2.14. The second-order valence-electron chi connectivity index (χ2n) is 10.5. The summed E-state index contributed by atoms with van der Waals surface area (Å²) in [5.41, 5.74) is 6.96. The third kappa shape index (κ3) is 4.88. The highest BCUT2D eigenvalue weighted by atomic mass is 32.3. The zero-order valence-corrected chi connectivity index (χ0v) is 23.7. The lowest BCUT2D eigenvalue weighted by molar-refractivity contribution is 0.0589. The van der Waals surface area contributed by atoms with Gasteiger partial charge in [0.1, 0.15) is 5.69 Å². The van der Waals surface area contributed by atoms with Crippen LogP contribution in [-0.2, 0) is 36.0 Å². The van der Waals surface area contributed by atoms with Crippen LogP contribution in [0.15, 0.2) is 12.1 Å². The summed E-state index contributed by atoms with van der Waals surface area (Å²) >= 11 is 0. The number of aliphatic hydroxyl groups excluding tert-OH is 1. The van der Waals surface area contributed by atoms with Crippen molar-refractivity contribution in [2.75, 3.05) is 26.2 Å². The Hall–Kier alpha value is -2.29. The van der Waals surface area contributed by atoms with Crippen LogP contribution in [0.4, 0.5) is 0 Å². The van der Waals surface area contributed by atoms with E-state index in [-0.39, 0.29) is 17.3 Å². The molecule has 1 N–H and O–H groups in total. The predicted molar refractivity (Wildman–Crippen MR) is 145 cm³/mol. The molecular formula is C27H41N3O4S. The summed E-state index contributed by atoms with van der Waals surface area (Å²) in [6.45, 7) is 11.1. The van der Waals surface area contributed by atoms with Gasteiger partial charge in [-0.25, -0.2) is 4.79 Å². The fourth-order valence-electron chi connectivity index (χ4n) is 4.53. The lowest BCUT2D eigenvalue weighted by Crippen LogP contribution is -2.25. The Morgan fingerprint density at radius 3 is 2.37 bits per heavy atom. The number of aryl methyl sites for hydroxylation is 5. The van der Waals surface area contributed by atoms with E-state index >= 15 is 0 Å². The Kier molecular flexibility index (Phi) is 7.79. The number of nitrogens with zero attached hydrogens (tertiary/aromatic N) is 3. The minimum Gasteiger partial charge on any atom is -0.464 e. The number of esters is 1. The molecule has 0 aliphatic heterocycles. The molecule has 3 aromatic rings. The smallest absolute Gasteiger partial charge is 0.354 e. The number of aliphatic hydroxyl groups is 1. The number of hydrogen-bond acceptors (Lipinski definition) is 5. The molecule has 3 rings (SSSR count). The van der Waals surface area contributed by atoms with Crippen LogP contribution in [0.5, 0.6) is 0 Å². The molecule has 1 aromatic carbocycles. The van der Waals surface area contributed by atoms with Gasteiger partial charge in [0.05, 0.1) is 37.2 Å². The second kappa shape index (κ2) is 9.99. The molecule has 0 aliphatic rings. The maximum absolute atomic E-state index is 12.9. The molecule has 0 fully saturated rings. The van der Waals surface area contributed by atoms with Crippen molar-refractivity contribution >= 4 is 27.2 Å². The van der Waals surface area contributed by atoms with Gasteiger partial charge in [0.2, 0.25) is 0 Å². The number of benzene rings is 1. The first-order valence-electron chi connectivity index (χ1n) is 12.0. The Morgan fingerprint density at radius 1 is 1.14 bits per heavy atom. The van der Waals surface area contributed by atoms with Crippen molar-refractivity contribution in [3.8, 4) is 11.3 Å². The highest BCUT2D eigenvalue weighted by molar-refractivity contribution is 8.29. The van der Waals surface area contributed by atoms with E-state index in [0.29, 0.717) is 18.7 Å². The van der Waals surface area contributed by atoms with Gasteiger partial charge < -0.3 is 18.6 Å². The molecule has 0 saturated carbocycles. The van der Waals surface area contributed by atoms with Gasteiger partial charge in [-0.1, -0.05) is 32.9 Å². The van der Waals surface area contributed by atoms with Gasteiger partial charge in [-0.15, -0.1) is 10.3 Å². The van der Waals surface area contributed by atoms with Gasteiger partial charge in [0.15, 0.2) is 0 Å². The van der Waals surface area contributed by atoms with E-state index < -0.39 is 10.3 Å². The first kappa shape index (κ1) is 27.3. The van der Waals surface area contributed by atoms with Gasteiger partial charge in [0, 0.05) is 35.4 Å². The van der Waals surface area contributed by atoms with Crippen LogP contribution in [0.3, 0.4) is 0 Å². The number of ether oxygens (including phenoxy) is 1. The maximum atomic E-state index is 12.9. The third-order valence-corrected chi connectivity index (χ3v) is 10.9. The predicted octanol–water partition coefficient (Wildman–Crippen LogP) is 5.20. The number of hydrogen-bond donors (Lipinski definition) is 1. The Labute approximate surface area is 210 Å². The highest BCUT2D eigenvalue weighted by Crippen LogP contribution is 2.53. The van der Waals surface area contributed by atoms with E-state index in [1.54, 1.807) is 0 Å². The van der Waals surface area contributed by atoms with Crippen molar-refractivity contribution in [2.45, 2.75) is 58.8 Å². The van der Waals surface area contributed by atoms with E-state index in [1.807, 2.05) is 37.2 Å². The van der Waals surface area contributed by atoms with Gasteiger partial charge in [0.25, 0.3) is 0 Å². The largest absolute Gasteiger partial charge is 0.464 e. The average molecular weight is 504 g/mol. The summed E-state index contributed by atoms with van der Waals surface area (Å²) in [4.78, 5) is 12.9. The summed E-state index contributed by atoms with van der Waals surface area (Å²) in [6, 6.07) is 4.16. The van der Waals surface area contributed by atoms with Crippen molar-refractivity contribution < 1.29 is 18.8 Å². The van der Waals surface area contributed by atoms with Crippen LogP contribution in [0.1, 0.15) is 60.1 Å². The maximum Gasteiger partial charge on any atom is 0.354 e. The Bertz CT molecular complexity index is 1250. The lowest BCUT2D eigenvalue weighted by Gasteiger charge is -2.43. The minimum absolute atomic E-state index is 0.0989.